The van der Waals surface area contributed by atoms with E-state index in [0.29, 0.717) is 18.9 Å². The van der Waals surface area contributed by atoms with Crippen LogP contribution < -0.4 is 10.2 Å². The van der Waals surface area contributed by atoms with Gasteiger partial charge in [0.25, 0.3) is 0 Å². The van der Waals surface area contributed by atoms with Gasteiger partial charge in [0.15, 0.2) is 0 Å². The zero-order valence-electron chi connectivity index (χ0n) is 17.9. The molecule has 2 heterocycles. The van der Waals surface area contributed by atoms with Crippen molar-refractivity contribution >= 4 is 17.5 Å². The molecule has 0 saturated carbocycles. The Morgan fingerprint density at radius 3 is 2.43 bits per heavy atom. The summed E-state index contributed by atoms with van der Waals surface area (Å²) in [5.74, 6) is 0.380. The van der Waals surface area contributed by atoms with Gasteiger partial charge in [0.2, 0.25) is 11.8 Å². The minimum Gasteiger partial charge on any atom is -0.354 e. The summed E-state index contributed by atoms with van der Waals surface area (Å²) in [5, 5.41) is 3.13. The molecule has 2 aliphatic rings. The first-order valence-corrected chi connectivity index (χ1v) is 10.9. The van der Waals surface area contributed by atoms with Crippen molar-refractivity contribution < 1.29 is 9.59 Å². The van der Waals surface area contributed by atoms with E-state index in [-0.39, 0.29) is 11.8 Å². The van der Waals surface area contributed by atoms with Crippen molar-refractivity contribution in [1.29, 1.82) is 0 Å². The quantitative estimate of drug-likeness (QED) is 0.830. The Labute approximate surface area is 179 Å². The summed E-state index contributed by atoms with van der Waals surface area (Å²) in [6.45, 7) is 7.45. The first-order chi connectivity index (χ1) is 14.5. The van der Waals surface area contributed by atoms with Crippen LogP contribution in [0.5, 0.6) is 0 Å². The summed E-state index contributed by atoms with van der Waals surface area (Å²) in [4.78, 5) is 29.2. The van der Waals surface area contributed by atoms with Gasteiger partial charge >= 0.3 is 0 Å². The lowest BCUT2D eigenvalue weighted by molar-refractivity contribution is -0.125. The van der Waals surface area contributed by atoms with Crippen molar-refractivity contribution in [2.45, 2.75) is 45.7 Å². The molecule has 0 radical (unpaired) electrons. The van der Waals surface area contributed by atoms with Crippen molar-refractivity contribution in [3.8, 4) is 0 Å². The normalized spacial score (nSPS) is 19.5. The highest BCUT2D eigenvalue weighted by Crippen LogP contribution is 2.32. The van der Waals surface area contributed by atoms with Gasteiger partial charge in [-0.1, -0.05) is 48.0 Å². The molecule has 0 bridgehead atoms. The molecule has 2 aromatic rings. The Hall–Kier alpha value is -2.66. The molecule has 0 spiro atoms. The van der Waals surface area contributed by atoms with Crippen LogP contribution in [0.1, 0.15) is 36.5 Å². The Bertz CT molecular complexity index is 901. The molecule has 1 unspecified atom stereocenters. The van der Waals surface area contributed by atoms with E-state index in [0.717, 1.165) is 43.7 Å². The Kier molecular flexibility index (Phi) is 6.18. The highest BCUT2D eigenvalue weighted by atomic mass is 16.2. The monoisotopic (exact) mass is 405 g/mol. The molecule has 0 aromatic heterocycles. The van der Waals surface area contributed by atoms with Gasteiger partial charge in [-0.15, -0.1) is 0 Å². The van der Waals surface area contributed by atoms with E-state index in [2.05, 4.69) is 41.4 Å². The molecule has 158 valence electrons. The first-order valence-electron chi connectivity index (χ1n) is 10.9. The maximum Gasteiger partial charge on any atom is 0.243 e. The Morgan fingerprint density at radius 1 is 1.03 bits per heavy atom. The number of piperidine rings is 1. The van der Waals surface area contributed by atoms with Gasteiger partial charge in [-0.3, -0.25) is 19.4 Å². The second kappa shape index (κ2) is 9.00. The van der Waals surface area contributed by atoms with Crippen LogP contribution in [0.25, 0.3) is 0 Å². The number of likely N-dealkylation sites (tertiary alicyclic amines) is 1. The van der Waals surface area contributed by atoms with Gasteiger partial charge in [0.05, 0.1) is 0 Å². The summed E-state index contributed by atoms with van der Waals surface area (Å²) >= 11 is 0. The topological polar surface area (TPSA) is 52.7 Å². The van der Waals surface area contributed by atoms with Gasteiger partial charge < -0.3 is 5.32 Å². The third kappa shape index (κ3) is 4.57. The highest BCUT2D eigenvalue weighted by Gasteiger charge is 2.36. The fourth-order valence-corrected chi connectivity index (χ4v) is 4.65. The lowest BCUT2D eigenvalue weighted by Crippen LogP contribution is -2.49. The van der Waals surface area contributed by atoms with E-state index in [9.17, 15) is 9.59 Å². The SMILES string of the molecule is CC(=O)N1c2ccccc2CC1C(=O)NCC1CCN(Cc2ccc(C)cc2)CC1. The van der Waals surface area contributed by atoms with Gasteiger partial charge in [0.1, 0.15) is 6.04 Å². The first kappa shape index (κ1) is 20.6. The zero-order valence-corrected chi connectivity index (χ0v) is 17.9. The molecule has 5 heteroatoms. The van der Waals surface area contributed by atoms with E-state index < -0.39 is 6.04 Å². The number of hydrogen-bond donors (Lipinski definition) is 1. The van der Waals surface area contributed by atoms with Crippen LogP contribution in [-0.2, 0) is 22.6 Å². The number of carbonyl (C=O) groups is 2. The number of benzene rings is 2. The van der Waals surface area contributed by atoms with E-state index >= 15 is 0 Å². The minimum absolute atomic E-state index is 0.0384. The van der Waals surface area contributed by atoms with Gasteiger partial charge in [-0.25, -0.2) is 0 Å². The number of nitrogens with zero attached hydrogens (tertiary/aromatic N) is 2. The Balaban J connectivity index is 1.26. The fraction of sp³-hybridized carbons (Fsp3) is 0.440. The maximum absolute atomic E-state index is 12.9. The van der Waals surface area contributed by atoms with Crippen molar-refractivity contribution in [3.63, 3.8) is 0 Å². The number of amides is 2. The van der Waals surface area contributed by atoms with E-state index in [1.54, 1.807) is 4.90 Å². The number of para-hydroxylation sites is 1. The number of aryl methyl sites for hydroxylation is 1. The Morgan fingerprint density at radius 2 is 1.73 bits per heavy atom. The van der Waals surface area contributed by atoms with Crippen LogP contribution >= 0.6 is 0 Å². The van der Waals surface area contributed by atoms with Crippen LogP contribution in [0.15, 0.2) is 48.5 Å². The molecule has 1 saturated heterocycles. The summed E-state index contributed by atoms with van der Waals surface area (Å²) < 4.78 is 0. The van der Waals surface area contributed by atoms with Crippen LogP contribution in [-0.4, -0.2) is 42.4 Å². The number of hydrogen-bond acceptors (Lipinski definition) is 3. The van der Waals surface area contributed by atoms with Crippen LogP contribution in [0.3, 0.4) is 0 Å². The summed E-state index contributed by atoms with van der Waals surface area (Å²) in [7, 11) is 0. The molecular formula is C25H31N3O2. The molecule has 2 aliphatic heterocycles. The predicted octanol–water partition coefficient (Wildman–Crippen LogP) is 3.30. The number of nitrogens with one attached hydrogen (secondary N) is 1. The van der Waals surface area contributed by atoms with Crippen LogP contribution in [0, 0.1) is 12.8 Å². The molecule has 2 amide bonds. The van der Waals surface area contributed by atoms with Gasteiger partial charge in [0, 0.05) is 32.1 Å². The molecule has 2 aromatic carbocycles. The number of anilines is 1. The number of carbonyl (C=O) groups excluding carboxylic acids is 2. The summed E-state index contributed by atoms with van der Waals surface area (Å²) in [6, 6.07) is 16.1. The standard InChI is InChI=1S/C25H31N3O2/c1-18-7-9-21(10-8-18)17-27-13-11-20(12-14-27)16-26-25(30)24-15-22-5-3-4-6-23(22)28(24)19(2)29/h3-10,20,24H,11-17H2,1-2H3,(H,26,30). The van der Waals surface area contributed by atoms with Crippen molar-refractivity contribution in [3.05, 3.63) is 65.2 Å². The lowest BCUT2D eigenvalue weighted by Gasteiger charge is -2.32. The largest absolute Gasteiger partial charge is 0.354 e. The third-order valence-corrected chi connectivity index (χ3v) is 6.42. The second-order valence-electron chi connectivity index (χ2n) is 8.69. The zero-order chi connectivity index (χ0) is 21.1. The fourth-order valence-electron chi connectivity index (χ4n) is 4.65. The van der Waals surface area contributed by atoms with Crippen molar-refractivity contribution in [2.24, 2.45) is 5.92 Å². The van der Waals surface area contributed by atoms with Gasteiger partial charge in [-0.2, -0.15) is 0 Å². The molecular weight excluding hydrogens is 374 g/mol. The molecule has 30 heavy (non-hydrogen) atoms. The molecule has 5 nitrogen and oxygen atoms in total. The minimum atomic E-state index is -0.429. The average Bonchev–Trinajstić information content (AvgIpc) is 3.15. The number of fused-ring (bicyclic) bond motifs is 1. The molecule has 1 fully saturated rings. The van der Waals surface area contributed by atoms with E-state index in [1.807, 2.05) is 24.3 Å². The molecule has 4 rings (SSSR count). The summed E-state index contributed by atoms with van der Waals surface area (Å²) in [6.07, 6.45) is 2.78. The molecule has 0 aliphatic carbocycles. The smallest absolute Gasteiger partial charge is 0.243 e. The maximum atomic E-state index is 12.9. The van der Waals surface area contributed by atoms with E-state index in [1.165, 1.54) is 18.1 Å². The van der Waals surface area contributed by atoms with Crippen LogP contribution in [0.4, 0.5) is 5.69 Å². The lowest BCUT2D eigenvalue weighted by atomic mass is 9.96. The highest BCUT2D eigenvalue weighted by molar-refractivity contribution is 6.02. The van der Waals surface area contributed by atoms with E-state index in [4.69, 9.17) is 0 Å². The van der Waals surface area contributed by atoms with Crippen LogP contribution in [0.2, 0.25) is 0 Å². The number of rotatable bonds is 5. The third-order valence-electron chi connectivity index (χ3n) is 6.42. The van der Waals surface area contributed by atoms with Crippen molar-refractivity contribution in [2.75, 3.05) is 24.5 Å². The van der Waals surface area contributed by atoms with Gasteiger partial charge in [-0.05, 0) is 56.0 Å². The average molecular weight is 406 g/mol. The second-order valence-corrected chi connectivity index (χ2v) is 8.69. The molecule has 1 N–H and O–H groups in total. The summed E-state index contributed by atoms with van der Waals surface area (Å²) in [5.41, 5.74) is 4.59. The van der Waals surface area contributed by atoms with Crippen molar-refractivity contribution in [1.82, 2.24) is 10.2 Å². The predicted molar refractivity (Wildman–Crippen MR) is 119 cm³/mol. The molecule has 1 atom stereocenters.